The molecular formula is C21H22ClN7O3. The Balaban J connectivity index is 1.39. The first-order valence-corrected chi connectivity index (χ1v) is 10.4. The molecule has 1 amide bonds. The number of halogens is 1. The van der Waals surface area contributed by atoms with E-state index in [1.54, 1.807) is 28.6 Å². The molecule has 10 nitrogen and oxygen atoms in total. The maximum atomic E-state index is 12.5. The molecule has 166 valence electrons. The second-order valence-corrected chi connectivity index (χ2v) is 7.90. The van der Waals surface area contributed by atoms with Crippen molar-refractivity contribution in [2.45, 2.75) is 25.9 Å². The summed E-state index contributed by atoms with van der Waals surface area (Å²) in [6.07, 6.45) is 3.89. The molecule has 0 aliphatic carbocycles. The van der Waals surface area contributed by atoms with Gasteiger partial charge in [-0.3, -0.25) is 18.7 Å². The minimum atomic E-state index is -0.428. The molecule has 4 aromatic rings. The highest BCUT2D eigenvalue weighted by molar-refractivity contribution is 6.30. The van der Waals surface area contributed by atoms with Crippen molar-refractivity contribution in [3.05, 3.63) is 74.3 Å². The average Bonchev–Trinajstić information content (AvgIpc) is 3.39. The fourth-order valence-electron chi connectivity index (χ4n) is 3.51. The van der Waals surface area contributed by atoms with Crippen LogP contribution in [0.2, 0.25) is 5.02 Å². The van der Waals surface area contributed by atoms with Gasteiger partial charge >= 0.3 is 5.69 Å². The predicted octanol–water partition coefficient (Wildman–Crippen LogP) is 1.75. The summed E-state index contributed by atoms with van der Waals surface area (Å²) >= 11 is 5.92. The summed E-state index contributed by atoms with van der Waals surface area (Å²) in [5.41, 5.74) is 0.847. The Bertz CT molecular complexity index is 1400. The zero-order chi connectivity index (χ0) is 22.8. The summed E-state index contributed by atoms with van der Waals surface area (Å²) in [5, 5.41) is 7.80. The third-order valence-electron chi connectivity index (χ3n) is 5.25. The number of anilines is 1. The van der Waals surface area contributed by atoms with Gasteiger partial charge in [0.25, 0.3) is 5.56 Å². The fourth-order valence-corrected chi connectivity index (χ4v) is 3.64. The summed E-state index contributed by atoms with van der Waals surface area (Å²) in [6.45, 7) is 0.921. The van der Waals surface area contributed by atoms with Crippen molar-refractivity contribution in [2.24, 2.45) is 14.1 Å². The molecule has 3 heterocycles. The van der Waals surface area contributed by atoms with Crippen LogP contribution >= 0.6 is 11.6 Å². The summed E-state index contributed by atoms with van der Waals surface area (Å²) in [7, 11) is 3.00. The molecular weight excluding hydrogens is 434 g/mol. The molecule has 0 radical (unpaired) electrons. The highest BCUT2D eigenvalue weighted by Crippen LogP contribution is 2.14. The number of hydrogen-bond donors (Lipinski definition) is 1. The molecule has 1 aromatic carbocycles. The summed E-state index contributed by atoms with van der Waals surface area (Å²) in [6, 6.07) is 9.17. The van der Waals surface area contributed by atoms with Gasteiger partial charge in [-0.15, -0.1) is 0 Å². The summed E-state index contributed by atoms with van der Waals surface area (Å²) in [4.78, 5) is 41.2. The number of rotatable bonds is 7. The lowest BCUT2D eigenvalue weighted by Crippen LogP contribution is -2.37. The molecule has 0 spiro atoms. The number of benzene rings is 1. The predicted molar refractivity (Wildman–Crippen MR) is 121 cm³/mol. The second kappa shape index (κ2) is 8.83. The standard InChI is InChI=1S/C21H22ClN7O3/c1-26-19-18(20(31)27(2)21(26)32)28(13-23-19)11-3-4-17(30)25-16-9-10-24-29(16)12-14-5-7-15(22)8-6-14/h5-10,13H,3-4,11-12H2,1-2H3,(H,25,30). The van der Waals surface area contributed by atoms with Gasteiger partial charge in [-0.2, -0.15) is 5.10 Å². The smallest absolute Gasteiger partial charge is 0.325 e. The SMILES string of the molecule is Cn1c(=O)c2c(ncn2CCCC(=O)Nc2ccnn2Cc2ccc(Cl)cc2)n(C)c1=O. The van der Waals surface area contributed by atoms with Crippen molar-refractivity contribution in [3.63, 3.8) is 0 Å². The zero-order valence-corrected chi connectivity index (χ0v) is 18.4. The average molecular weight is 456 g/mol. The van der Waals surface area contributed by atoms with Crippen molar-refractivity contribution in [2.75, 3.05) is 5.32 Å². The lowest BCUT2D eigenvalue weighted by atomic mass is 10.2. The van der Waals surface area contributed by atoms with E-state index in [-0.39, 0.29) is 12.3 Å². The van der Waals surface area contributed by atoms with Gasteiger partial charge in [-0.25, -0.2) is 14.5 Å². The normalized spacial score (nSPS) is 11.2. The van der Waals surface area contributed by atoms with Crippen LogP contribution in [0.15, 0.2) is 52.4 Å². The van der Waals surface area contributed by atoms with Crippen LogP contribution in [0.4, 0.5) is 5.82 Å². The van der Waals surface area contributed by atoms with E-state index in [9.17, 15) is 14.4 Å². The number of aryl methyl sites for hydroxylation is 2. The van der Waals surface area contributed by atoms with Crippen molar-refractivity contribution in [1.82, 2.24) is 28.5 Å². The fraction of sp³-hybridized carbons (Fsp3) is 0.286. The van der Waals surface area contributed by atoms with Gasteiger partial charge in [0.1, 0.15) is 5.82 Å². The van der Waals surface area contributed by atoms with E-state index in [1.807, 2.05) is 24.3 Å². The molecule has 1 N–H and O–H groups in total. The van der Waals surface area contributed by atoms with E-state index in [1.165, 1.54) is 17.9 Å². The van der Waals surface area contributed by atoms with Crippen LogP contribution in [0.5, 0.6) is 0 Å². The molecule has 0 aliphatic rings. The van der Waals surface area contributed by atoms with E-state index >= 15 is 0 Å². The number of fused-ring (bicyclic) bond motifs is 1. The molecule has 11 heteroatoms. The van der Waals surface area contributed by atoms with Crippen molar-refractivity contribution in [3.8, 4) is 0 Å². The molecule has 0 atom stereocenters. The maximum Gasteiger partial charge on any atom is 0.332 e. The van der Waals surface area contributed by atoms with Gasteiger partial charge in [0.05, 0.1) is 19.1 Å². The lowest BCUT2D eigenvalue weighted by molar-refractivity contribution is -0.116. The molecule has 0 bridgehead atoms. The van der Waals surface area contributed by atoms with Crippen LogP contribution in [0.1, 0.15) is 18.4 Å². The first-order valence-electron chi connectivity index (χ1n) is 10.0. The van der Waals surface area contributed by atoms with E-state index in [0.717, 1.165) is 10.1 Å². The van der Waals surface area contributed by atoms with Crippen LogP contribution in [-0.4, -0.2) is 34.4 Å². The van der Waals surface area contributed by atoms with Crippen molar-refractivity contribution >= 4 is 34.5 Å². The molecule has 0 fully saturated rings. The Labute approximate surface area is 187 Å². The Morgan fingerprint density at radius 2 is 1.84 bits per heavy atom. The van der Waals surface area contributed by atoms with Gasteiger partial charge < -0.3 is 9.88 Å². The number of amides is 1. The minimum absolute atomic E-state index is 0.160. The first-order chi connectivity index (χ1) is 15.3. The van der Waals surface area contributed by atoms with Crippen LogP contribution < -0.4 is 16.6 Å². The number of carbonyl (C=O) groups is 1. The van der Waals surface area contributed by atoms with Crippen molar-refractivity contribution < 1.29 is 4.79 Å². The van der Waals surface area contributed by atoms with Gasteiger partial charge in [-0.05, 0) is 24.1 Å². The largest absolute Gasteiger partial charge is 0.332 e. The topological polar surface area (TPSA) is 109 Å². The van der Waals surface area contributed by atoms with Gasteiger partial charge in [-0.1, -0.05) is 23.7 Å². The number of nitrogens with zero attached hydrogens (tertiary/aromatic N) is 6. The molecule has 0 unspecified atom stereocenters. The van der Waals surface area contributed by atoms with E-state index < -0.39 is 11.2 Å². The molecule has 0 aliphatic heterocycles. The highest BCUT2D eigenvalue weighted by Gasteiger charge is 2.14. The van der Waals surface area contributed by atoms with Crippen LogP contribution in [0.25, 0.3) is 11.2 Å². The molecule has 32 heavy (non-hydrogen) atoms. The first kappa shape index (κ1) is 21.6. The van der Waals surface area contributed by atoms with Crippen LogP contribution in [-0.2, 0) is 32.0 Å². The quantitative estimate of drug-likeness (QED) is 0.456. The number of aromatic nitrogens is 6. The van der Waals surface area contributed by atoms with Gasteiger partial charge in [0.2, 0.25) is 5.91 Å². The van der Waals surface area contributed by atoms with Crippen LogP contribution in [0.3, 0.4) is 0 Å². The van der Waals surface area contributed by atoms with E-state index in [2.05, 4.69) is 15.4 Å². The Kier molecular flexibility index (Phi) is 5.95. The summed E-state index contributed by atoms with van der Waals surface area (Å²) < 4.78 is 5.76. The zero-order valence-electron chi connectivity index (χ0n) is 17.7. The Morgan fingerprint density at radius 3 is 2.59 bits per heavy atom. The minimum Gasteiger partial charge on any atom is -0.325 e. The monoisotopic (exact) mass is 455 g/mol. The summed E-state index contributed by atoms with van der Waals surface area (Å²) in [5.74, 6) is 0.439. The third kappa shape index (κ3) is 4.22. The molecule has 0 saturated carbocycles. The molecule has 3 aromatic heterocycles. The van der Waals surface area contributed by atoms with E-state index in [4.69, 9.17) is 11.6 Å². The lowest BCUT2D eigenvalue weighted by Gasteiger charge is -2.10. The second-order valence-electron chi connectivity index (χ2n) is 7.47. The number of nitrogens with one attached hydrogen (secondary N) is 1. The number of carbonyl (C=O) groups excluding carboxylic acids is 1. The van der Waals surface area contributed by atoms with Gasteiger partial charge in [0.15, 0.2) is 11.2 Å². The molecule has 0 saturated heterocycles. The number of hydrogen-bond acceptors (Lipinski definition) is 5. The highest BCUT2D eigenvalue weighted by atomic mass is 35.5. The van der Waals surface area contributed by atoms with E-state index in [0.29, 0.717) is 41.5 Å². The molecule has 4 rings (SSSR count). The number of imidazole rings is 1. The van der Waals surface area contributed by atoms with Crippen LogP contribution in [0, 0.1) is 0 Å². The van der Waals surface area contributed by atoms with Crippen molar-refractivity contribution in [1.29, 1.82) is 0 Å². The Hall–Kier alpha value is -3.66. The van der Waals surface area contributed by atoms with Gasteiger partial charge in [0, 0.05) is 38.1 Å². The third-order valence-corrected chi connectivity index (χ3v) is 5.50. The maximum absolute atomic E-state index is 12.5. The Morgan fingerprint density at radius 1 is 1.09 bits per heavy atom.